The molecule has 4 aromatic rings. The Hall–Kier alpha value is -4.13. The average Bonchev–Trinajstić information content (AvgIpc) is 2.80. The fourth-order valence-corrected chi connectivity index (χ4v) is 3.25. The van der Waals surface area contributed by atoms with Gasteiger partial charge in [-0.25, -0.2) is 4.98 Å². The van der Waals surface area contributed by atoms with E-state index >= 15 is 0 Å². The van der Waals surface area contributed by atoms with Gasteiger partial charge < -0.3 is 5.32 Å². The minimum Gasteiger partial charge on any atom is -0.324 e. The third-order valence-corrected chi connectivity index (χ3v) is 5.05. The van der Waals surface area contributed by atoms with Crippen LogP contribution >= 0.6 is 0 Å². The number of carbonyl (C=O) groups excluding carboxylic acids is 1. The van der Waals surface area contributed by atoms with Gasteiger partial charge in [0.1, 0.15) is 5.69 Å². The number of hydrogen-bond donors (Lipinski definition) is 1. The maximum Gasteiger partial charge on any atom is 0.261 e. The quantitative estimate of drug-likeness (QED) is 0.416. The van der Waals surface area contributed by atoms with Crippen molar-refractivity contribution in [3.63, 3.8) is 0 Å². The second-order valence-electron chi connectivity index (χ2n) is 7.61. The van der Waals surface area contributed by atoms with Crippen molar-refractivity contribution in [2.75, 3.05) is 5.32 Å². The number of amides is 1. The number of aryl methyl sites for hydroxylation is 3. The first kappa shape index (κ1) is 21.1. The Morgan fingerprint density at radius 1 is 0.969 bits per heavy atom. The van der Waals surface area contributed by atoms with Gasteiger partial charge in [0.15, 0.2) is 0 Å². The van der Waals surface area contributed by atoms with Gasteiger partial charge in [-0.15, -0.1) is 5.11 Å². The van der Waals surface area contributed by atoms with Crippen LogP contribution < -0.4 is 10.9 Å². The zero-order chi connectivity index (χ0) is 22.5. The van der Waals surface area contributed by atoms with E-state index in [0.29, 0.717) is 22.3 Å². The largest absolute Gasteiger partial charge is 0.324 e. The highest BCUT2D eigenvalue weighted by atomic mass is 16.2. The van der Waals surface area contributed by atoms with Crippen molar-refractivity contribution in [3.05, 3.63) is 94.5 Å². The lowest BCUT2D eigenvalue weighted by Gasteiger charge is -2.10. The van der Waals surface area contributed by atoms with E-state index in [-0.39, 0.29) is 24.4 Å². The lowest BCUT2D eigenvalue weighted by molar-refractivity contribution is -0.116. The van der Waals surface area contributed by atoms with Crippen molar-refractivity contribution >= 4 is 33.9 Å². The molecule has 0 fully saturated rings. The standard InChI is InChI=1S/C25H23N5O2/c1-17-7-10-19(11-8-17)28-29-23-15-18(2)9-12-22(23)27-24(31)13-14-30-16-26-21-6-4-3-5-20(21)25(30)32/h3-12,15-16H,13-14H2,1-2H3,(H,27,31). The summed E-state index contributed by atoms with van der Waals surface area (Å²) in [5, 5.41) is 12.0. The fraction of sp³-hybridized carbons (Fsp3) is 0.160. The van der Waals surface area contributed by atoms with Crippen molar-refractivity contribution in [1.29, 1.82) is 0 Å². The van der Waals surface area contributed by atoms with Crippen molar-refractivity contribution in [2.24, 2.45) is 10.2 Å². The molecule has 1 aromatic heterocycles. The van der Waals surface area contributed by atoms with Crippen molar-refractivity contribution in [2.45, 2.75) is 26.8 Å². The second kappa shape index (κ2) is 9.34. The summed E-state index contributed by atoms with van der Waals surface area (Å²) < 4.78 is 1.45. The second-order valence-corrected chi connectivity index (χ2v) is 7.61. The third-order valence-electron chi connectivity index (χ3n) is 5.05. The number of hydrogen-bond acceptors (Lipinski definition) is 5. The molecule has 7 nitrogen and oxygen atoms in total. The summed E-state index contributed by atoms with van der Waals surface area (Å²) in [5.74, 6) is -0.222. The number of nitrogens with one attached hydrogen (secondary N) is 1. The van der Waals surface area contributed by atoms with Crippen LogP contribution in [0.3, 0.4) is 0 Å². The summed E-state index contributed by atoms with van der Waals surface area (Å²) in [6.45, 7) is 4.20. The van der Waals surface area contributed by atoms with Crippen molar-refractivity contribution in [3.8, 4) is 0 Å². The Bertz CT molecular complexity index is 1360. The number of benzene rings is 3. The molecule has 0 aliphatic carbocycles. The van der Waals surface area contributed by atoms with Crippen molar-refractivity contribution < 1.29 is 4.79 Å². The Morgan fingerprint density at radius 3 is 2.53 bits per heavy atom. The minimum atomic E-state index is -0.222. The first-order valence-electron chi connectivity index (χ1n) is 10.3. The van der Waals surface area contributed by atoms with Gasteiger partial charge in [0.25, 0.3) is 5.56 Å². The minimum absolute atomic E-state index is 0.127. The van der Waals surface area contributed by atoms with Gasteiger partial charge in [0, 0.05) is 13.0 Å². The number of azo groups is 1. The molecule has 1 N–H and O–H groups in total. The molecule has 0 radical (unpaired) electrons. The summed E-state index contributed by atoms with van der Waals surface area (Å²) in [6, 6.07) is 20.5. The highest BCUT2D eigenvalue weighted by Crippen LogP contribution is 2.28. The van der Waals surface area contributed by atoms with Gasteiger partial charge in [-0.05, 0) is 55.8 Å². The van der Waals surface area contributed by atoms with Crippen LogP contribution in [-0.2, 0) is 11.3 Å². The molecular formula is C25H23N5O2. The van der Waals surface area contributed by atoms with Crippen molar-refractivity contribution in [1.82, 2.24) is 9.55 Å². The molecule has 32 heavy (non-hydrogen) atoms. The van der Waals surface area contributed by atoms with Crippen LogP contribution in [-0.4, -0.2) is 15.5 Å². The van der Waals surface area contributed by atoms with Crippen LogP contribution in [0.15, 0.2) is 88.1 Å². The van der Waals surface area contributed by atoms with E-state index in [9.17, 15) is 9.59 Å². The Labute approximate surface area is 185 Å². The van der Waals surface area contributed by atoms with Gasteiger partial charge in [-0.2, -0.15) is 5.11 Å². The molecule has 0 bridgehead atoms. The average molecular weight is 425 g/mol. The molecule has 0 spiro atoms. The van der Waals surface area contributed by atoms with E-state index in [4.69, 9.17) is 0 Å². The van der Waals surface area contributed by atoms with Crippen LogP contribution in [0.25, 0.3) is 10.9 Å². The molecule has 0 saturated carbocycles. The van der Waals surface area contributed by atoms with E-state index in [2.05, 4.69) is 20.5 Å². The molecular weight excluding hydrogens is 402 g/mol. The molecule has 160 valence electrons. The number of aromatic nitrogens is 2. The highest BCUT2D eigenvalue weighted by molar-refractivity contribution is 5.93. The first-order chi connectivity index (χ1) is 15.5. The molecule has 0 aliphatic heterocycles. The number of para-hydroxylation sites is 1. The van der Waals surface area contributed by atoms with E-state index < -0.39 is 0 Å². The van der Waals surface area contributed by atoms with Crippen LogP contribution in [0.5, 0.6) is 0 Å². The van der Waals surface area contributed by atoms with E-state index in [1.807, 2.05) is 56.3 Å². The topological polar surface area (TPSA) is 88.7 Å². The van der Waals surface area contributed by atoms with E-state index in [0.717, 1.165) is 16.8 Å². The van der Waals surface area contributed by atoms with Crippen LogP contribution in [0.4, 0.5) is 17.1 Å². The smallest absolute Gasteiger partial charge is 0.261 e. The Balaban J connectivity index is 1.47. The summed E-state index contributed by atoms with van der Waals surface area (Å²) in [7, 11) is 0. The summed E-state index contributed by atoms with van der Waals surface area (Å²) >= 11 is 0. The van der Waals surface area contributed by atoms with Gasteiger partial charge in [-0.1, -0.05) is 35.9 Å². The van der Waals surface area contributed by atoms with E-state index in [1.54, 1.807) is 24.3 Å². The molecule has 0 saturated heterocycles. The van der Waals surface area contributed by atoms with Crippen LogP contribution in [0, 0.1) is 13.8 Å². The molecule has 3 aromatic carbocycles. The lowest BCUT2D eigenvalue weighted by atomic mass is 10.2. The molecule has 1 heterocycles. The normalized spacial score (nSPS) is 11.2. The Kier molecular flexibility index (Phi) is 6.17. The molecule has 0 aliphatic rings. The maximum atomic E-state index is 12.6. The SMILES string of the molecule is Cc1ccc(N=Nc2cc(C)ccc2NC(=O)CCn2cnc3ccccc3c2=O)cc1. The fourth-order valence-electron chi connectivity index (χ4n) is 3.25. The lowest BCUT2D eigenvalue weighted by Crippen LogP contribution is -2.23. The number of fused-ring (bicyclic) bond motifs is 1. The predicted octanol–water partition coefficient (Wildman–Crippen LogP) is 5.46. The molecule has 7 heteroatoms. The number of carbonyl (C=O) groups is 1. The number of nitrogens with zero attached hydrogens (tertiary/aromatic N) is 4. The molecule has 4 rings (SSSR count). The molecule has 1 amide bonds. The zero-order valence-corrected chi connectivity index (χ0v) is 17.9. The zero-order valence-electron chi connectivity index (χ0n) is 17.9. The Morgan fingerprint density at radius 2 is 1.72 bits per heavy atom. The maximum absolute atomic E-state index is 12.6. The predicted molar refractivity (Wildman–Crippen MR) is 126 cm³/mol. The highest BCUT2D eigenvalue weighted by Gasteiger charge is 2.10. The van der Waals surface area contributed by atoms with Gasteiger partial charge in [-0.3, -0.25) is 14.2 Å². The van der Waals surface area contributed by atoms with Gasteiger partial charge in [0.2, 0.25) is 5.91 Å². The monoisotopic (exact) mass is 425 g/mol. The van der Waals surface area contributed by atoms with Gasteiger partial charge in [0.05, 0.1) is 28.6 Å². The molecule has 0 atom stereocenters. The number of anilines is 1. The van der Waals surface area contributed by atoms with E-state index in [1.165, 1.54) is 10.9 Å². The third kappa shape index (κ3) is 4.95. The molecule has 0 unspecified atom stereocenters. The van der Waals surface area contributed by atoms with Crippen LogP contribution in [0.2, 0.25) is 0 Å². The first-order valence-corrected chi connectivity index (χ1v) is 10.3. The summed E-state index contributed by atoms with van der Waals surface area (Å²) in [6.07, 6.45) is 1.60. The van der Waals surface area contributed by atoms with Crippen LogP contribution in [0.1, 0.15) is 17.5 Å². The number of rotatable bonds is 6. The summed E-state index contributed by atoms with van der Waals surface area (Å²) in [5.41, 5.74) is 4.51. The summed E-state index contributed by atoms with van der Waals surface area (Å²) in [4.78, 5) is 29.5. The van der Waals surface area contributed by atoms with Gasteiger partial charge >= 0.3 is 0 Å².